The molecule has 3 aliphatic heterocycles. The van der Waals surface area contributed by atoms with Crippen LogP contribution in [-0.2, 0) is 31.9 Å². The third kappa shape index (κ3) is 8.50. The van der Waals surface area contributed by atoms with Crippen molar-refractivity contribution in [2.75, 3.05) is 25.2 Å². The maximum Gasteiger partial charge on any atom is 0.305 e. The van der Waals surface area contributed by atoms with Gasteiger partial charge in [-0.1, -0.05) is 32.5 Å². The number of aryl methyl sites for hydroxylation is 4. The molecule has 6 N–H and O–H groups in total. The molecule has 0 radical (unpaired) electrons. The summed E-state index contributed by atoms with van der Waals surface area (Å²) < 4.78 is 10.7. The van der Waals surface area contributed by atoms with Gasteiger partial charge in [-0.3, -0.25) is 14.6 Å². The fourth-order valence-corrected chi connectivity index (χ4v) is 10.5. The van der Waals surface area contributed by atoms with E-state index < -0.39 is 36.5 Å². The van der Waals surface area contributed by atoms with Crippen LogP contribution < -0.4 is 0 Å². The smallest absolute Gasteiger partial charge is 0.305 e. The summed E-state index contributed by atoms with van der Waals surface area (Å²) in [5.74, 6) is 0.566. The largest absolute Gasteiger partial charge is 0.469 e. The summed E-state index contributed by atoms with van der Waals surface area (Å²) in [6.07, 6.45) is -2.10. The van der Waals surface area contributed by atoms with E-state index >= 15 is 0 Å². The van der Waals surface area contributed by atoms with Crippen molar-refractivity contribution >= 4 is 67.8 Å². The average Bonchev–Trinajstić information content (AvgIpc) is 3.89. The average molecular weight is 821 g/mol. The SMILES string of the molecule is CCc1c(C)c2cc3[nH]c(cc4nc(c(C)c5nc(cc1[nH]2)C(C)=C5C(=O)SCCCS[C@@H]1O[C@H](CO)[C@@H](O)[C@H](O)[C@H]1O)[C@@H](CCC(=O)OC)[C@@H]4C)c(C)c3CC. The van der Waals surface area contributed by atoms with Gasteiger partial charge in [-0.2, -0.15) is 0 Å². The van der Waals surface area contributed by atoms with Crippen LogP contribution in [0, 0.1) is 20.8 Å². The number of esters is 1. The van der Waals surface area contributed by atoms with Crippen LogP contribution in [0.3, 0.4) is 0 Å². The molecule has 0 unspecified atom stereocenters. The third-order valence-corrected chi connectivity index (χ3v) is 14.1. The molecule has 3 aliphatic rings. The van der Waals surface area contributed by atoms with Crippen LogP contribution in [-0.4, -0.2) is 107 Å². The summed E-state index contributed by atoms with van der Waals surface area (Å²) in [4.78, 5) is 44.6. The van der Waals surface area contributed by atoms with Crippen molar-refractivity contribution in [3.8, 4) is 0 Å². The number of H-pyrrole nitrogens is 2. The molecule has 3 aromatic rings. The lowest BCUT2D eigenvalue weighted by molar-refractivity contribution is -0.205. The minimum Gasteiger partial charge on any atom is -0.469 e. The summed E-state index contributed by atoms with van der Waals surface area (Å²) in [5.41, 5.74) is 13.0. The number of fused-ring (bicyclic) bond motifs is 8. The molecule has 308 valence electrons. The molecule has 6 rings (SSSR count). The zero-order valence-corrected chi connectivity index (χ0v) is 35.7. The Kier molecular flexibility index (Phi) is 13.7. The maximum absolute atomic E-state index is 14.3. The van der Waals surface area contributed by atoms with Crippen LogP contribution in [0.2, 0.25) is 0 Å². The highest BCUT2D eigenvalue weighted by Crippen LogP contribution is 2.44. The topological polar surface area (TPSA) is 191 Å². The van der Waals surface area contributed by atoms with Crippen LogP contribution in [0.4, 0.5) is 0 Å². The molecule has 57 heavy (non-hydrogen) atoms. The highest BCUT2D eigenvalue weighted by molar-refractivity contribution is 8.14. The van der Waals surface area contributed by atoms with Crippen LogP contribution in [0.25, 0.3) is 33.2 Å². The Hall–Kier alpha value is -3.50. The Balaban J connectivity index is 1.43. The molecule has 12 nitrogen and oxygen atoms in total. The monoisotopic (exact) mass is 820 g/mol. The minimum absolute atomic E-state index is 0.0211. The lowest BCUT2D eigenvalue weighted by Crippen LogP contribution is -2.57. The first-order valence-electron chi connectivity index (χ1n) is 19.8. The third-order valence-electron chi connectivity index (χ3n) is 11.9. The summed E-state index contributed by atoms with van der Waals surface area (Å²) in [6.45, 7) is 14.2. The second-order valence-corrected chi connectivity index (χ2v) is 17.5. The van der Waals surface area contributed by atoms with Crippen LogP contribution in [0.5, 0.6) is 0 Å². The quantitative estimate of drug-likeness (QED) is 0.0883. The summed E-state index contributed by atoms with van der Waals surface area (Å²) in [7, 11) is 1.40. The molecule has 0 spiro atoms. The lowest BCUT2D eigenvalue weighted by atomic mass is 9.85. The molecule has 0 aliphatic carbocycles. The second kappa shape index (κ2) is 18.2. The number of aromatic nitrogens is 4. The first kappa shape index (κ1) is 43.1. The van der Waals surface area contributed by atoms with Gasteiger partial charge in [0.1, 0.15) is 29.9 Å². The predicted octanol–water partition coefficient (Wildman–Crippen LogP) is 6.32. The number of rotatable bonds is 12. The van der Waals surface area contributed by atoms with Gasteiger partial charge in [0.15, 0.2) is 0 Å². The number of nitrogens with zero attached hydrogens (tertiary/aromatic N) is 2. The van der Waals surface area contributed by atoms with Crippen LogP contribution in [0.1, 0.15) is 109 Å². The highest BCUT2D eigenvalue weighted by atomic mass is 32.2. The van der Waals surface area contributed by atoms with Crippen LogP contribution >= 0.6 is 23.5 Å². The number of ether oxygens (including phenoxy) is 2. The molecule has 14 heteroatoms. The zero-order chi connectivity index (χ0) is 41.3. The number of hydrogen-bond acceptors (Lipinski definition) is 12. The summed E-state index contributed by atoms with van der Waals surface area (Å²) in [5, 5.41) is 40.2. The van der Waals surface area contributed by atoms with E-state index in [1.165, 1.54) is 47.3 Å². The zero-order valence-electron chi connectivity index (χ0n) is 34.1. The molecule has 8 bridgehead atoms. The first-order chi connectivity index (χ1) is 27.2. The van der Waals surface area contributed by atoms with Crippen LogP contribution in [0.15, 0.2) is 18.2 Å². The summed E-state index contributed by atoms with van der Waals surface area (Å²) >= 11 is 2.47. The highest BCUT2D eigenvalue weighted by Gasteiger charge is 2.43. The van der Waals surface area contributed by atoms with Crippen molar-refractivity contribution in [3.05, 3.63) is 68.8 Å². The van der Waals surface area contributed by atoms with Gasteiger partial charge in [0.05, 0.1) is 30.7 Å². The molecule has 0 amide bonds. The molecule has 3 aromatic heterocycles. The van der Waals surface area contributed by atoms with Crippen molar-refractivity contribution < 1.29 is 39.5 Å². The molecular formula is C43H56N4O8S2. The molecular weight excluding hydrogens is 765 g/mol. The predicted molar refractivity (Wildman–Crippen MR) is 227 cm³/mol. The van der Waals surface area contributed by atoms with Crippen molar-refractivity contribution in [2.45, 2.75) is 122 Å². The first-order valence-corrected chi connectivity index (χ1v) is 21.9. The fourth-order valence-electron chi connectivity index (χ4n) is 8.34. The summed E-state index contributed by atoms with van der Waals surface area (Å²) in [6, 6.07) is 6.36. The van der Waals surface area contributed by atoms with E-state index in [1.54, 1.807) is 0 Å². The number of aromatic amines is 2. The number of hydrogen-bond donors (Lipinski definition) is 6. The van der Waals surface area contributed by atoms with Gasteiger partial charge < -0.3 is 39.9 Å². The van der Waals surface area contributed by atoms with E-state index in [9.17, 15) is 30.0 Å². The fraction of sp³-hybridized carbons (Fsp3) is 0.535. The van der Waals surface area contributed by atoms with Gasteiger partial charge >= 0.3 is 5.97 Å². The van der Waals surface area contributed by atoms with Gasteiger partial charge in [0.2, 0.25) is 5.12 Å². The van der Waals surface area contributed by atoms with E-state index in [-0.39, 0.29) is 29.3 Å². The van der Waals surface area contributed by atoms with Gasteiger partial charge in [-0.05, 0) is 111 Å². The number of aliphatic hydroxyl groups excluding tert-OH is 4. The van der Waals surface area contributed by atoms with E-state index in [4.69, 9.17) is 19.4 Å². The molecule has 0 saturated carbocycles. The molecule has 6 heterocycles. The second-order valence-electron chi connectivity index (χ2n) is 15.2. The van der Waals surface area contributed by atoms with Gasteiger partial charge in [0.25, 0.3) is 0 Å². The van der Waals surface area contributed by atoms with Crippen molar-refractivity contribution in [1.29, 1.82) is 0 Å². The van der Waals surface area contributed by atoms with Gasteiger partial charge in [-0.25, -0.2) is 4.98 Å². The number of methoxy groups -OCH3 is 1. The molecule has 1 saturated heterocycles. The molecule has 1 fully saturated rings. The Morgan fingerprint density at radius 3 is 2.14 bits per heavy atom. The molecule has 7 atom stereocenters. The van der Waals surface area contributed by atoms with E-state index in [0.29, 0.717) is 41.3 Å². The number of aliphatic hydroxyl groups is 4. The lowest BCUT2D eigenvalue weighted by Gasteiger charge is -2.39. The van der Waals surface area contributed by atoms with E-state index in [1.807, 2.05) is 19.9 Å². The molecule has 0 aromatic carbocycles. The number of thioether (sulfide) groups is 2. The van der Waals surface area contributed by atoms with E-state index in [2.05, 4.69) is 56.7 Å². The van der Waals surface area contributed by atoms with E-state index in [0.717, 1.165) is 63.0 Å². The maximum atomic E-state index is 14.3. The minimum atomic E-state index is -1.43. The number of allylic oxidation sites excluding steroid dienone is 1. The number of nitrogens with one attached hydrogen (secondary N) is 2. The van der Waals surface area contributed by atoms with Crippen molar-refractivity contribution in [1.82, 2.24) is 19.9 Å². The van der Waals surface area contributed by atoms with Crippen molar-refractivity contribution in [2.24, 2.45) is 0 Å². The Labute approximate surface area is 342 Å². The number of carbonyl (C=O) groups is 2. The van der Waals surface area contributed by atoms with Crippen molar-refractivity contribution in [3.63, 3.8) is 0 Å². The van der Waals surface area contributed by atoms with Gasteiger partial charge in [0, 0.05) is 57.5 Å². The Morgan fingerprint density at radius 1 is 0.860 bits per heavy atom. The Bertz CT molecular complexity index is 2210. The Morgan fingerprint density at radius 2 is 1.51 bits per heavy atom. The van der Waals surface area contributed by atoms with Gasteiger partial charge in [-0.15, -0.1) is 11.8 Å². The standard InChI is InChI=1S/C43H56N4O8S2/c1-9-25-20(3)28-16-30-22(5)27(12-13-35(49)54-8)37(46-30)24(7)38-36(42(53)56-14-11-15-57-43-41(52)40(51)39(50)34(19-48)55-43)23(6)31(47-38)18-33-26(10-2)21(4)29(45-33)17-32(25)44-28/h16-18,22,27,34,39-41,43-45,48,50-52H,9-15,19H2,1-8H3/t22-,27-,34+,39+,40-,41+,43-/m0/s1. The normalized spacial score (nSPS) is 23.6. The number of carbonyl (C=O) groups excluding carboxylic acids is 2.